The average Bonchev–Trinajstić information content (AvgIpc) is 3.14. The van der Waals surface area contributed by atoms with E-state index in [4.69, 9.17) is 24.4 Å². The number of carboxylic acids is 1. The van der Waals surface area contributed by atoms with Gasteiger partial charge in [-0.2, -0.15) is 18.2 Å². The second-order valence-electron chi connectivity index (χ2n) is 13.6. The zero-order valence-corrected chi connectivity index (χ0v) is 32.3. The Morgan fingerprint density at radius 1 is 0.944 bits per heavy atom. The van der Waals surface area contributed by atoms with E-state index in [1.54, 1.807) is 39.9 Å². The van der Waals surface area contributed by atoms with Gasteiger partial charge < -0.3 is 39.6 Å². The molecule has 4 heterocycles. The van der Waals surface area contributed by atoms with Crippen molar-refractivity contribution >= 4 is 58.1 Å². The van der Waals surface area contributed by atoms with E-state index in [-0.39, 0.29) is 0 Å². The van der Waals surface area contributed by atoms with E-state index < -0.39 is 19.3 Å². The molecule has 292 valence electrons. The highest BCUT2D eigenvalue weighted by atomic mass is 31.2. The SMILES string of the molecule is CCc1cc(Nc2ncc(OC)c(Nc3cnc4ccccc4c3P(C)(C)=O)n2)c(OC)cc1N1CCC(N2CCN(C)CC2)CC1.O=C(O)C(F)(F)F. The lowest BCUT2D eigenvalue weighted by Crippen LogP contribution is -2.52. The Hall–Kier alpha value is -4.66. The van der Waals surface area contributed by atoms with E-state index in [0.29, 0.717) is 29.2 Å². The normalized spacial score (nSPS) is 16.1. The molecule has 0 unspecified atom stereocenters. The van der Waals surface area contributed by atoms with Crippen molar-refractivity contribution in [2.45, 2.75) is 38.4 Å². The summed E-state index contributed by atoms with van der Waals surface area (Å²) in [7, 11) is 2.78. The summed E-state index contributed by atoms with van der Waals surface area (Å²) in [6.45, 7) is 12.4. The number of aryl methyl sites for hydroxylation is 1. The molecule has 0 aliphatic carbocycles. The van der Waals surface area contributed by atoms with Crippen LogP contribution in [0.1, 0.15) is 25.3 Å². The standard InChI is InChI=1S/C35H47N8O3P.C2HF3O2/c1-7-24-20-28(31(45-3)21-30(24)43-14-12-25(13-15-43)42-18-16-41(2)17-19-42)39-35-37-23-32(46-4)34(40-35)38-29-22-36-27-11-9-8-10-26(27)33(29)47(5,6)44;3-2(4,5)1(6)7/h8-11,20-23,25H,7,12-19H2,1-6H3,(H2,37,38,39,40);(H,6,7). The van der Waals surface area contributed by atoms with E-state index >= 15 is 0 Å². The summed E-state index contributed by atoms with van der Waals surface area (Å²) in [4.78, 5) is 30.4. The molecule has 2 aromatic heterocycles. The average molecular weight is 773 g/mol. The van der Waals surface area contributed by atoms with Gasteiger partial charge >= 0.3 is 12.1 Å². The van der Waals surface area contributed by atoms with Crippen molar-refractivity contribution in [1.29, 1.82) is 0 Å². The minimum absolute atomic E-state index is 0.376. The van der Waals surface area contributed by atoms with Crippen LogP contribution in [-0.4, -0.2) is 122 Å². The number of carboxylic acid groups (broad SMARTS) is 1. The number of hydrogen-bond donors (Lipinski definition) is 3. The summed E-state index contributed by atoms with van der Waals surface area (Å²) in [5.74, 6) is -0.765. The number of benzene rings is 2. The van der Waals surface area contributed by atoms with Gasteiger partial charge in [-0.15, -0.1) is 0 Å². The number of pyridine rings is 1. The number of anilines is 5. The molecule has 3 N–H and O–H groups in total. The van der Waals surface area contributed by atoms with E-state index in [2.05, 4.69) is 61.4 Å². The molecule has 4 aromatic rings. The number of methoxy groups -OCH3 is 2. The zero-order chi connectivity index (χ0) is 39.2. The van der Waals surface area contributed by atoms with Gasteiger partial charge in [0.2, 0.25) is 5.95 Å². The number of alkyl halides is 3. The number of carbonyl (C=O) groups is 1. The van der Waals surface area contributed by atoms with Crippen molar-refractivity contribution in [3.8, 4) is 11.5 Å². The van der Waals surface area contributed by atoms with Crippen LogP contribution in [0.15, 0.2) is 48.8 Å². The number of piperazine rings is 1. The molecule has 2 fully saturated rings. The molecule has 0 amide bonds. The molecule has 0 bridgehead atoms. The Kier molecular flexibility index (Phi) is 12.9. The summed E-state index contributed by atoms with van der Waals surface area (Å²) >= 11 is 0. The fourth-order valence-electron chi connectivity index (χ4n) is 6.83. The fraction of sp³-hybridized carbons (Fsp3) is 0.459. The van der Waals surface area contributed by atoms with Crippen molar-refractivity contribution in [3.05, 3.63) is 54.4 Å². The van der Waals surface area contributed by atoms with Crippen LogP contribution >= 0.6 is 7.14 Å². The van der Waals surface area contributed by atoms with E-state index in [9.17, 15) is 17.7 Å². The smallest absolute Gasteiger partial charge is 0.490 e. The van der Waals surface area contributed by atoms with Crippen LogP contribution in [0.5, 0.6) is 11.5 Å². The number of nitrogens with one attached hydrogen (secondary N) is 2. The fourth-order valence-corrected chi connectivity index (χ4v) is 8.30. The number of rotatable bonds is 10. The lowest BCUT2D eigenvalue weighted by atomic mass is 9.99. The van der Waals surface area contributed by atoms with Gasteiger partial charge in [0.05, 0.1) is 43.5 Å². The van der Waals surface area contributed by atoms with Gasteiger partial charge in [0.15, 0.2) is 11.6 Å². The Balaban J connectivity index is 0.000000730. The number of aliphatic carboxylic acids is 1. The molecular weight excluding hydrogens is 724 g/mol. The van der Waals surface area contributed by atoms with Crippen LogP contribution < -0.4 is 30.3 Å². The predicted molar refractivity (Wildman–Crippen MR) is 206 cm³/mol. The molecule has 0 radical (unpaired) electrons. The summed E-state index contributed by atoms with van der Waals surface area (Å²) in [5.41, 5.74) is 4.66. The minimum atomic E-state index is -5.08. The third-order valence-corrected chi connectivity index (χ3v) is 11.2. The third kappa shape index (κ3) is 9.71. The molecule has 2 saturated heterocycles. The summed E-state index contributed by atoms with van der Waals surface area (Å²) in [6, 6.07) is 12.7. The first-order chi connectivity index (χ1) is 25.6. The second kappa shape index (κ2) is 17.2. The largest absolute Gasteiger partial charge is 0.494 e. The molecule has 0 saturated carbocycles. The maximum Gasteiger partial charge on any atom is 0.490 e. The highest BCUT2D eigenvalue weighted by molar-refractivity contribution is 7.71. The van der Waals surface area contributed by atoms with Crippen LogP contribution in [0.2, 0.25) is 0 Å². The Labute approximate surface area is 313 Å². The van der Waals surface area contributed by atoms with Crippen LogP contribution in [0, 0.1) is 0 Å². The molecule has 0 atom stereocenters. The predicted octanol–water partition coefficient (Wildman–Crippen LogP) is 6.19. The van der Waals surface area contributed by atoms with Gasteiger partial charge in [-0.1, -0.05) is 25.1 Å². The second-order valence-corrected chi connectivity index (χ2v) is 16.8. The Bertz CT molecular complexity index is 1980. The van der Waals surface area contributed by atoms with E-state index in [1.165, 1.54) is 37.2 Å². The topological polar surface area (TPSA) is 145 Å². The first-order valence-corrected chi connectivity index (χ1v) is 20.3. The van der Waals surface area contributed by atoms with Crippen LogP contribution in [-0.2, 0) is 15.8 Å². The highest BCUT2D eigenvalue weighted by Gasteiger charge is 2.38. The first-order valence-electron chi connectivity index (χ1n) is 17.7. The van der Waals surface area contributed by atoms with Gasteiger partial charge in [0, 0.05) is 67.8 Å². The quantitative estimate of drug-likeness (QED) is 0.158. The Morgan fingerprint density at radius 3 is 2.19 bits per heavy atom. The minimum Gasteiger partial charge on any atom is -0.494 e. The maximum atomic E-state index is 13.5. The monoisotopic (exact) mass is 772 g/mol. The van der Waals surface area contributed by atoms with Gasteiger partial charge in [0.25, 0.3) is 0 Å². The lowest BCUT2D eigenvalue weighted by molar-refractivity contribution is -0.192. The number of halogens is 3. The molecule has 2 aromatic carbocycles. The molecule has 2 aliphatic heterocycles. The molecule has 54 heavy (non-hydrogen) atoms. The summed E-state index contributed by atoms with van der Waals surface area (Å²) in [6.07, 6.45) is 1.47. The van der Waals surface area contributed by atoms with Crippen LogP contribution in [0.4, 0.5) is 42.0 Å². The number of fused-ring (bicyclic) bond motifs is 1. The van der Waals surface area contributed by atoms with Crippen molar-refractivity contribution < 1.29 is 37.1 Å². The number of nitrogens with zero attached hydrogens (tertiary/aromatic N) is 6. The number of ether oxygens (including phenoxy) is 2. The molecule has 2 aliphatic rings. The van der Waals surface area contributed by atoms with E-state index in [1.807, 2.05) is 24.3 Å². The highest BCUT2D eigenvalue weighted by Crippen LogP contribution is 2.42. The van der Waals surface area contributed by atoms with Crippen molar-refractivity contribution in [3.63, 3.8) is 0 Å². The van der Waals surface area contributed by atoms with Crippen LogP contribution in [0.3, 0.4) is 0 Å². The number of likely N-dealkylation sites (N-methyl/N-ethyl adjacent to an activating group) is 1. The lowest BCUT2D eigenvalue weighted by Gasteiger charge is -2.43. The van der Waals surface area contributed by atoms with Crippen molar-refractivity contribution in [2.75, 3.05) is 89.4 Å². The summed E-state index contributed by atoms with van der Waals surface area (Å²) < 4.78 is 56.8. The molecule has 17 heteroatoms. The summed E-state index contributed by atoms with van der Waals surface area (Å²) in [5, 5.41) is 15.4. The molecule has 13 nitrogen and oxygen atoms in total. The number of aromatic nitrogens is 3. The molecule has 0 spiro atoms. The van der Waals surface area contributed by atoms with Crippen molar-refractivity contribution in [2.24, 2.45) is 0 Å². The maximum absolute atomic E-state index is 13.5. The van der Waals surface area contributed by atoms with Gasteiger partial charge in [-0.3, -0.25) is 9.88 Å². The van der Waals surface area contributed by atoms with Gasteiger partial charge in [-0.25, -0.2) is 9.78 Å². The van der Waals surface area contributed by atoms with Crippen LogP contribution in [0.25, 0.3) is 10.9 Å². The van der Waals surface area contributed by atoms with E-state index in [0.717, 1.165) is 60.2 Å². The first kappa shape index (κ1) is 40.5. The van der Waals surface area contributed by atoms with Gasteiger partial charge in [-0.05, 0) is 57.3 Å². The number of para-hydroxylation sites is 1. The zero-order valence-electron chi connectivity index (χ0n) is 31.4. The van der Waals surface area contributed by atoms with Gasteiger partial charge in [0.1, 0.15) is 12.9 Å². The third-order valence-electron chi connectivity index (χ3n) is 9.64. The number of piperidine rings is 1. The number of hydrogen-bond acceptors (Lipinski definition) is 12. The molecular formula is C37H48F3N8O5P. The van der Waals surface area contributed by atoms with Crippen molar-refractivity contribution in [1.82, 2.24) is 24.8 Å². The molecule has 6 rings (SSSR count). The Morgan fingerprint density at radius 2 is 1.59 bits per heavy atom.